The summed E-state index contributed by atoms with van der Waals surface area (Å²) >= 11 is 3.51. The number of rotatable bonds is 6. The van der Waals surface area contributed by atoms with Crippen LogP contribution in [0.1, 0.15) is 0 Å². The van der Waals surface area contributed by atoms with Crippen molar-refractivity contribution in [3.63, 3.8) is 0 Å². The second-order valence-corrected chi connectivity index (χ2v) is 15.9. The van der Waals surface area contributed by atoms with Crippen LogP contribution in [0.4, 0.5) is 0 Å². The molecule has 0 saturated heterocycles. The fourth-order valence-corrected chi connectivity index (χ4v) is 9.88. The van der Waals surface area contributed by atoms with Gasteiger partial charge in [0.15, 0.2) is 17.5 Å². The first-order chi connectivity index (χ1) is 27.7. The molecule has 3 aromatic heterocycles. The molecule has 6 heteroatoms. The van der Waals surface area contributed by atoms with Crippen molar-refractivity contribution in [1.29, 1.82) is 0 Å². The van der Waals surface area contributed by atoms with Crippen LogP contribution in [0, 0.1) is 0 Å². The predicted octanol–water partition coefficient (Wildman–Crippen LogP) is 14.0. The number of thiophene rings is 1. The van der Waals surface area contributed by atoms with Gasteiger partial charge in [0, 0.05) is 48.0 Å². The summed E-state index contributed by atoms with van der Waals surface area (Å²) in [5.74, 6) is 1.94. The first kappa shape index (κ1) is 32.6. The van der Waals surface area contributed by atoms with Gasteiger partial charge in [-0.05, 0) is 51.7 Å². The van der Waals surface area contributed by atoms with Crippen molar-refractivity contribution in [2.75, 3.05) is 0 Å². The van der Waals surface area contributed by atoms with Crippen molar-refractivity contribution in [3.05, 3.63) is 182 Å². The maximum atomic E-state index is 5.30. The van der Waals surface area contributed by atoms with Crippen molar-refractivity contribution in [1.82, 2.24) is 19.9 Å². The number of fused-ring (bicyclic) bond motifs is 5. The lowest BCUT2D eigenvalue weighted by molar-refractivity contribution is 1.08. The van der Waals surface area contributed by atoms with Gasteiger partial charge in [0.1, 0.15) is 5.01 Å². The number of hydrogen-bond donors (Lipinski definition) is 0. The molecular weight excluding hydrogens is 721 g/mol. The van der Waals surface area contributed by atoms with Crippen LogP contribution in [0.3, 0.4) is 0 Å². The second-order valence-electron chi connectivity index (χ2n) is 13.8. The summed E-state index contributed by atoms with van der Waals surface area (Å²) < 4.78 is 3.51. The van der Waals surface area contributed by atoms with Crippen LogP contribution < -0.4 is 0 Å². The van der Waals surface area contributed by atoms with E-state index >= 15 is 0 Å². The van der Waals surface area contributed by atoms with E-state index in [2.05, 4.69) is 158 Å². The fourth-order valence-electron chi connectivity index (χ4n) is 7.66. The van der Waals surface area contributed by atoms with Crippen molar-refractivity contribution in [2.24, 2.45) is 0 Å². The normalized spacial score (nSPS) is 11.6. The van der Waals surface area contributed by atoms with Gasteiger partial charge < -0.3 is 0 Å². The van der Waals surface area contributed by atoms with Crippen LogP contribution >= 0.6 is 22.7 Å². The quantitative estimate of drug-likeness (QED) is 0.170. The lowest BCUT2D eigenvalue weighted by Crippen LogP contribution is -2.01. The monoisotopic (exact) mass is 750 g/mol. The van der Waals surface area contributed by atoms with Gasteiger partial charge in [0.2, 0.25) is 0 Å². The van der Waals surface area contributed by atoms with Gasteiger partial charge in [-0.3, -0.25) is 0 Å². The molecular formula is C50H30N4S2. The minimum absolute atomic E-state index is 0.643. The zero-order chi connectivity index (χ0) is 37.0. The van der Waals surface area contributed by atoms with E-state index in [0.29, 0.717) is 17.5 Å². The van der Waals surface area contributed by atoms with Gasteiger partial charge in [-0.1, -0.05) is 158 Å². The molecule has 3 heterocycles. The van der Waals surface area contributed by atoms with Crippen molar-refractivity contribution in [3.8, 4) is 67.0 Å². The Morgan fingerprint density at radius 3 is 1.71 bits per heavy atom. The fraction of sp³-hybridized carbons (Fsp3) is 0. The van der Waals surface area contributed by atoms with Crippen LogP contribution in [-0.4, -0.2) is 19.9 Å². The zero-order valence-electron chi connectivity index (χ0n) is 29.9. The molecule has 262 valence electrons. The van der Waals surface area contributed by atoms with E-state index in [4.69, 9.17) is 19.9 Å². The largest absolute Gasteiger partial charge is 0.236 e. The second kappa shape index (κ2) is 13.5. The molecule has 11 rings (SSSR count). The molecule has 4 nitrogen and oxygen atoms in total. The minimum atomic E-state index is 0.643. The van der Waals surface area contributed by atoms with Crippen LogP contribution in [-0.2, 0) is 0 Å². The Balaban J connectivity index is 1.06. The Morgan fingerprint density at radius 1 is 0.339 bits per heavy atom. The third-order valence-corrected chi connectivity index (χ3v) is 12.7. The van der Waals surface area contributed by atoms with Gasteiger partial charge in [-0.25, -0.2) is 19.9 Å². The first-order valence-corrected chi connectivity index (χ1v) is 20.2. The molecule has 0 atom stereocenters. The summed E-state index contributed by atoms with van der Waals surface area (Å²) in [6, 6.07) is 63.8. The summed E-state index contributed by atoms with van der Waals surface area (Å²) in [5, 5.41) is 5.76. The maximum Gasteiger partial charge on any atom is 0.165 e. The van der Waals surface area contributed by atoms with Gasteiger partial charge in [0.05, 0.1) is 10.2 Å². The van der Waals surface area contributed by atoms with E-state index in [-0.39, 0.29) is 0 Å². The van der Waals surface area contributed by atoms with Crippen molar-refractivity contribution >= 4 is 63.8 Å². The number of hydrogen-bond acceptors (Lipinski definition) is 6. The standard InChI is InChI=1S/C50H30N4S2/c1-4-13-31(14-5-1)32-23-25-36(26-24-32)50-51-42-30-43-41(29-44(42)56-50)38-21-12-22-40(46(38)55-43)49-53-47(35-18-8-3-9-19-35)52-48(54-49)39-28-27-33-15-10-11-20-37(33)45(39)34-16-6-2-7-17-34/h1-30H. The van der Waals surface area contributed by atoms with E-state index in [1.165, 1.54) is 36.7 Å². The van der Waals surface area contributed by atoms with Gasteiger partial charge in [0.25, 0.3) is 0 Å². The molecule has 56 heavy (non-hydrogen) atoms. The number of benzene rings is 8. The molecule has 8 aromatic carbocycles. The molecule has 0 unspecified atom stereocenters. The van der Waals surface area contributed by atoms with E-state index < -0.39 is 0 Å². The highest BCUT2D eigenvalue weighted by molar-refractivity contribution is 7.26. The van der Waals surface area contributed by atoms with E-state index in [1.54, 1.807) is 22.7 Å². The summed E-state index contributed by atoms with van der Waals surface area (Å²) in [6.45, 7) is 0. The molecule has 0 aliphatic rings. The Hall–Kier alpha value is -6.86. The van der Waals surface area contributed by atoms with Gasteiger partial charge in [-0.2, -0.15) is 0 Å². The lowest BCUT2D eigenvalue weighted by atomic mass is 9.93. The smallest absolute Gasteiger partial charge is 0.165 e. The highest BCUT2D eigenvalue weighted by atomic mass is 32.1. The molecule has 11 aromatic rings. The number of nitrogens with zero attached hydrogens (tertiary/aromatic N) is 4. The van der Waals surface area contributed by atoms with Crippen LogP contribution in [0.2, 0.25) is 0 Å². The molecule has 0 aliphatic carbocycles. The third kappa shape index (κ3) is 5.66. The average molecular weight is 751 g/mol. The topological polar surface area (TPSA) is 51.6 Å². The van der Waals surface area contributed by atoms with Crippen molar-refractivity contribution in [2.45, 2.75) is 0 Å². The highest BCUT2D eigenvalue weighted by Gasteiger charge is 2.20. The molecule has 0 spiro atoms. The Bertz CT molecular complexity index is 3230. The highest BCUT2D eigenvalue weighted by Crippen LogP contribution is 2.44. The SMILES string of the molecule is c1ccc(-c2ccc(-c3nc4cc5sc6c(-c7nc(-c8ccccc8)nc(-c8ccc9ccccc9c8-c8ccccc8)n7)cccc6c5cc4s3)cc2)cc1. The molecule has 0 radical (unpaired) electrons. The van der Waals surface area contributed by atoms with Crippen LogP contribution in [0.5, 0.6) is 0 Å². The molecule has 0 N–H and O–H groups in total. The maximum absolute atomic E-state index is 5.30. The van der Waals surface area contributed by atoms with Crippen LogP contribution in [0.15, 0.2) is 182 Å². The summed E-state index contributed by atoms with van der Waals surface area (Å²) in [6.07, 6.45) is 0. The van der Waals surface area contributed by atoms with E-state index in [0.717, 1.165) is 54.0 Å². The van der Waals surface area contributed by atoms with E-state index in [9.17, 15) is 0 Å². The summed E-state index contributed by atoms with van der Waals surface area (Å²) in [7, 11) is 0. The van der Waals surface area contributed by atoms with Gasteiger partial charge >= 0.3 is 0 Å². The molecule has 0 amide bonds. The van der Waals surface area contributed by atoms with Crippen molar-refractivity contribution < 1.29 is 0 Å². The summed E-state index contributed by atoms with van der Waals surface area (Å²) in [5.41, 5.74) is 9.69. The molecule has 0 fully saturated rings. The average Bonchev–Trinajstić information content (AvgIpc) is 3.86. The van der Waals surface area contributed by atoms with Gasteiger partial charge in [-0.15, -0.1) is 22.7 Å². The van der Waals surface area contributed by atoms with E-state index in [1.807, 2.05) is 24.3 Å². The molecule has 0 saturated carbocycles. The Labute approximate surface area is 331 Å². The minimum Gasteiger partial charge on any atom is -0.236 e. The zero-order valence-corrected chi connectivity index (χ0v) is 31.6. The Kier molecular flexibility index (Phi) is 7.83. The van der Waals surface area contributed by atoms with Crippen LogP contribution in [0.25, 0.3) is 108 Å². The molecule has 0 aliphatic heterocycles. The number of thiazole rings is 1. The molecule has 0 bridgehead atoms. The third-order valence-electron chi connectivity index (χ3n) is 10.4. The number of aromatic nitrogens is 4. The predicted molar refractivity (Wildman–Crippen MR) is 236 cm³/mol. The lowest BCUT2D eigenvalue weighted by Gasteiger charge is -2.15. The Morgan fingerprint density at radius 2 is 0.946 bits per heavy atom. The summed E-state index contributed by atoms with van der Waals surface area (Å²) in [4.78, 5) is 20.8. The first-order valence-electron chi connectivity index (χ1n) is 18.5.